The number of halogens is 1. The predicted molar refractivity (Wildman–Crippen MR) is 110 cm³/mol. The van der Waals surface area contributed by atoms with Gasteiger partial charge in [-0.2, -0.15) is 8.42 Å². The number of hydrogen-bond donors (Lipinski definition) is 4. The highest BCUT2D eigenvalue weighted by molar-refractivity contribution is 7.87. The van der Waals surface area contributed by atoms with Crippen LogP contribution in [-0.2, 0) is 16.8 Å². The quantitative estimate of drug-likeness (QED) is 0.443. The first-order chi connectivity index (χ1) is 14.3. The third-order valence-electron chi connectivity index (χ3n) is 5.44. The van der Waals surface area contributed by atoms with Gasteiger partial charge in [-0.05, 0) is 18.4 Å². The fraction of sp³-hybridized carbons (Fsp3) is 0.368. The molecule has 1 aliphatic carbocycles. The summed E-state index contributed by atoms with van der Waals surface area (Å²) in [5.41, 5.74) is 1.46. The Balaban J connectivity index is 1.56. The van der Waals surface area contributed by atoms with Gasteiger partial charge in [-0.1, -0.05) is 30.3 Å². The monoisotopic (exact) mass is 434 g/mol. The smallest absolute Gasteiger partial charge is 0.274 e. The van der Waals surface area contributed by atoms with E-state index in [9.17, 15) is 17.9 Å². The Morgan fingerprint density at radius 1 is 1.23 bits per heavy atom. The first-order valence-electron chi connectivity index (χ1n) is 9.56. The van der Waals surface area contributed by atoms with Gasteiger partial charge in [0, 0.05) is 31.2 Å². The number of nitrogens with zero attached hydrogens (tertiary/aromatic N) is 3. The van der Waals surface area contributed by atoms with E-state index in [1.807, 2.05) is 30.3 Å². The number of nitrogens with one attached hydrogen (secondary N) is 2. The van der Waals surface area contributed by atoms with Crippen LogP contribution in [0.25, 0.3) is 11.0 Å². The molecule has 1 fully saturated rings. The van der Waals surface area contributed by atoms with Gasteiger partial charge in [0.2, 0.25) is 0 Å². The van der Waals surface area contributed by atoms with Gasteiger partial charge in [0.1, 0.15) is 17.8 Å². The molecule has 1 saturated carbocycles. The molecule has 0 saturated heterocycles. The zero-order valence-electron chi connectivity index (χ0n) is 16.1. The van der Waals surface area contributed by atoms with E-state index >= 15 is 0 Å². The summed E-state index contributed by atoms with van der Waals surface area (Å²) in [6.45, 7) is 0.512. The standard InChI is InChI=1S/C19H23FN6O3S/c20-15-10-26(14-6-13(16(27)7-14)9-25-30(21,28)29)19-17(15)18(23-11-24-19)22-8-12-4-2-1-3-5-12/h1-5,10-11,13-14,16,25,27H,6-9H2,(H2,21,28,29)(H,22,23,24)/t13-,14+,16-/m0/s1. The van der Waals surface area contributed by atoms with E-state index in [1.54, 1.807) is 4.57 Å². The second-order valence-electron chi connectivity index (χ2n) is 7.49. The summed E-state index contributed by atoms with van der Waals surface area (Å²) in [7, 11) is -3.84. The Hall–Kier alpha value is -2.60. The number of aliphatic hydroxyl groups excluding tert-OH is 1. The maximum Gasteiger partial charge on any atom is 0.274 e. The number of hydrogen-bond acceptors (Lipinski definition) is 6. The summed E-state index contributed by atoms with van der Waals surface area (Å²) in [6.07, 6.45) is 2.82. The van der Waals surface area contributed by atoms with Crippen LogP contribution in [0.1, 0.15) is 24.4 Å². The predicted octanol–water partition coefficient (Wildman–Crippen LogP) is 1.29. The number of rotatable bonds is 7. The van der Waals surface area contributed by atoms with Gasteiger partial charge >= 0.3 is 0 Å². The number of anilines is 1. The van der Waals surface area contributed by atoms with E-state index < -0.39 is 22.1 Å². The lowest BCUT2D eigenvalue weighted by Gasteiger charge is -2.14. The Kier molecular flexibility index (Phi) is 5.69. The van der Waals surface area contributed by atoms with Crippen molar-refractivity contribution in [1.29, 1.82) is 0 Å². The zero-order chi connectivity index (χ0) is 21.3. The largest absolute Gasteiger partial charge is 0.393 e. The van der Waals surface area contributed by atoms with Crippen LogP contribution in [0.3, 0.4) is 0 Å². The number of nitrogens with two attached hydrogens (primary N) is 1. The third-order valence-corrected chi connectivity index (χ3v) is 6.01. The molecular formula is C19H23FN6O3S. The molecule has 2 heterocycles. The van der Waals surface area contributed by atoms with Gasteiger partial charge in [0.05, 0.1) is 11.5 Å². The number of fused-ring (bicyclic) bond motifs is 1. The van der Waals surface area contributed by atoms with Crippen LogP contribution in [0.15, 0.2) is 42.9 Å². The molecule has 11 heteroatoms. The van der Waals surface area contributed by atoms with Crippen LogP contribution in [0.2, 0.25) is 0 Å². The van der Waals surface area contributed by atoms with Gasteiger partial charge in [-0.3, -0.25) is 0 Å². The maximum absolute atomic E-state index is 14.8. The molecule has 3 aromatic rings. The second kappa shape index (κ2) is 8.26. The molecule has 0 bridgehead atoms. The summed E-state index contributed by atoms with van der Waals surface area (Å²) >= 11 is 0. The number of aromatic nitrogens is 3. The van der Waals surface area contributed by atoms with E-state index in [1.165, 1.54) is 12.5 Å². The highest BCUT2D eigenvalue weighted by atomic mass is 32.2. The summed E-state index contributed by atoms with van der Waals surface area (Å²) < 4.78 is 41.0. The maximum atomic E-state index is 14.8. The summed E-state index contributed by atoms with van der Waals surface area (Å²) in [5.74, 6) is -0.390. The zero-order valence-corrected chi connectivity index (χ0v) is 16.9. The minimum atomic E-state index is -3.84. The molecule has 3 atom stereocenters. The molecule has 0 aliphatic heterocycles. The Labute approximate surface area is 173 Å². The summed E-state index contributed by atoms with van der Waals surface area (Å²) in [6, 6.07) is 9.47. The first-order valence-corrected chi connectivity index (χ1v) is 11.1. The molecule has 1 aliphatic rings. The highest BCUT2D eigenvalue weighted by Gasteiger charge is 2.35. The van der Waals surface area contributed by atoms with Crippen molar-refractivity contribution < 1.29 is 17.9 Å². The molecule has 1 aromatic carbocycles. The van der Waals surface area contributed by atoms with Crippen LogP contribution in [0, 0.1) is 11.7 Å². The van der Waals surface area contributed by atoms with E-state index in [0.717, 1.165) is 5.56 Å². The molecule has 30 heavy (non-hydrogen) atoms. The lowest BCUT2D eigenvalue weighted by atomic mass is 10.1. The van der Waals surface area contributed by atoms with Crippen molar-refractivity contribution in [3.8, 4) is 0 Å². The van der Waals surface area contributed by atoms with Crippen LogP contribution in [0.5, 0.6) is 0 Å². The molecule has 160 valence electrons. The molecule has 9 nitrogen and oxygen atoms in total. The number of aliphatic hydroxyl groups is 1. The molecule has 5 N–H and O–H groups in total. The lowest BCUT2D eigenvalue weighted by Crippen LogP contribution is -2.36. The Morgan fingerprint density at radius 3 is 2.73 bits per heavy atom. The average Bonchev–Trinajstić information content (AvgIpc) is 3.25. The van der Waals surface area contributed by atoms with Gasteiger partial charge in [-0.15, -0.1) is 0 Å². The fourth-order valence-electron chi connectivity index (χ4n) is 3.98. The van der Waals surface area contributed by atoms with Crippen molar-refractivity contribution in [2.24, 2.45) is 11.1 Å². The fourth-order valence-corrected chi connectivity index (χ4v) is 4.42. The lowest BCUT2D eigenvalue weighted by molar-refractivity contribution is 0.133. The average molecular weight is 434 g/mol. The van der Waals surface area contributed by atoms with Crippen molar-refractivity contribution >= 4 is 27.1 Å². The third kappa shape index (κ3) is 4.43. The van der Waals surface area contributed by atoms with Gasteiger partial charge in [0.15, 0.2) is 5.82 Å². The van der Waals surface area contributed by atoms with Crippen molar-refractivity contribution in [2.75, 3.05) is 11.9 Å². The highest BCUT2D eigenvalue weighted by Crippen LogP contribution is 2.38. The van der Waals surface area contributed by atoms with Crippen molar-refractivity contribution in [1.82, 2.24) is 19.3 Å². The topological polar surface area (TPSA) is 135 Å². The Morgan fingerprint density at radius 2 is 2.00 bits per heavy atom. The molecular weight excluding hydrogens is 411 g/mol. The van der Waals surface area contributed by atoms with Crippen molar-refractivity contribution in [3.63, 3.8) is 0 Å². The molecule has 4 rings (SSSR count). The van der Waals surface area contributed by atoms with Gasteiger partial charge < -0.3 is 15.0 Å². The van der Waals surface area contributed by atoms with E-state index in [-0.39, 0.29) is 23.9 Å². The first kappa shape index (κ1) is 20.7. The molecule has 0 amide bonds. The van der Waals surface area contributed by atoms with Crippen LogP contribution in [-0.4, -0.2) is 40.7 Å². The van der Waals surface area contributed by atoms with Crippen LogP contribution >= 0.6 is 0 Å². The van der Waals surface area contributed by atoms with Gasteiger partial charge in [-0.25, -0.2) is 24.2 Å². The van der Waals surface area contributed by atoms with Crippen molar-refractivity contribution in [3.05, 3.63) is 54.2 Å². The summed E-state index contributed by atoms with van der Waals surface area (Å²) in [4.78, 5) is 8.45. The van der Waals surface area contributed by atoms with E-state index in [2.05, 4.69) is 20.0 Å². The molecule has 0 spiro atoms. The Bertz CT molecular complexity index is 1140. The number of benzene rings is 1. The molecule has 0 unspecified atom stereocenters. The van der Waals surface area contributed by atoms with E-state index in [4.69, 9.17) is 5.14 Å². The van der Waals surface area contributed by atoms with E-state index in [0.29, 0.717) is 30.9 Å². The minimum absolute atomic E-state index is 0.0248. The SMILES string of the molecule is NS(=O)(=O)NC[C@@H]1C[C@@H](n2cc(F)c3c(NCc4ccccc4)ncnc32)C[C@@H]1O. The molecule has 0 radical (unpaired) electrons. The summed E-state index contributed by atoms with van der Waals surface area (Å²) in [5, 5.41) is 18.7. The molecule has 2 aromatic heterocycles. The van der Waals surface area contributed by atoms with Crippen molar-refractivity contribution in [2.45, 2.75) is 31.5 Å². The normalized spacial score (nSPS) is 21.9. The second-order valence-corrected chi connectivity index (χ2v) is 8.87. The minimum Gasteiger partial charge on any atom is -0.393 e. The van der Waals surface area contributed by atoms with Crippen LogP contribution in [0.4, 0.5) is 10.2 Å². The van der Waals surface area contributed by atoms with Gasteiger partial charge in [0.25, 0.3) is 10.2 Å². The van der Waals surface area contributed by atoms with Crippen LogP contribution < -0.4 is 15.2 Å².